The standard InChI is InChI=1S/C20H23NO2.CH3Br/c1-21-14-12-18(13-15-21)23-20(22)19(16-8-4-2-5-9-16)17-10-6-3-7-11-17;1-2/h2-11,18-19H,12-15H2,1H3;1H3. The van der Waals surface area contributed by atoms with Crippen LogP contribution in [-0.2, 0) is 9.53 Å². The van der Waals surface area contributed by atoms with Crippen molar-refractivity contribution in [1.82, 2.24) is 4.90 Å². The van der Waals surface area contributed by atoms with Crippen LogP contribution in [0.1, 0.15) is 29.9 Å². The van der Waals surface area contributed by atoms with Gasteiger partial charge in [-0.2, -0.15) is 0 Å². The Morgan fingerprint density at radius 3 is 1.84 bits per heavy atom. The molecule has 4 heteroatoms. The molecule has 0 N–H and O–H groups in total. The zero-order chi connectivity index (χ0) is 18.1. The van der Waals surface area contributed by atoms with Crippen molar-refractivity contribution in [3.63, 3.8) is 0 Å². The molecule has 25 heavy (non-hydrogen) atoms. The Balaban J connectivity index is 0.00000109. The summed E-state index contributed by atoms with van der Waals surface area (Å²) in [6.45, 7) is 1.97. The van der Waals surface area contributed by atoms with Crippen molar-refractivity contribution >= 4 is 21.9 Å². The van der Waals surface area contributed by atoms with Crippen molar-refractivity contribution in [2.24, 2.45) is 0 Å². The zero-order valence-corrected chi connectivity index (χ0v) is 16.5. The fraction of sp³-hybridized carbons (Fsp3) is 0.381. The molecule has 134 valence electrons. The van der Waals surface area contributed by atoms with Crippen LogP contribution in [0, 0.1) is 0 Å². The fourth-order valence-corrected chi connectivity index (χ4v) is 3.09. The lowest BCUT2D eigenvalue weighted by Crippen LogP contribution is -2.36. The Labute approximate surface area is 159 Å². The largest absolute Gasteiger partial charge is 0.462 e. The molecule has 0 aromatic heterocycles. The monoisotopic (exact) mass is 403 g/mol. The van der Waals surface area contributed by atoms with Crippen molar-refractivity contribution in [3.8, 4) is 0 Å². The van der Waals surface area contributed by atoms with E-state index in [0.717, 1.165) is 37.1 Å². The molecule has 3 rings (SSSR count). The summed E-state index contributed by atoms with van der Waals surface area (Å²) in [6.07, 6.45) is 1.87. The van der Waals surface area contributed by atoms with Gasteiger partial charge in [0.05, 0.1) is 0 Å². The summed E-state index contributed by atoms with van der Waals surface area (Å²) in [5, 5.41) is 0. The van der Waals surface area contributed by atoms with Crippen molar-refractivity contribution in [1.29, 1.82) is 0 Å². The summed E-state index contributed by atoms with van der Waals surface area (Å²) in [5.74, 6) is 1.32. The number of esters is 1. The highest BCUT2D eigenvalue weighted by atomic mass is 79.9. The molecule has 0 saturated carbocycles. The average Bonchev–Trinajstić information content (AvgIpc) is 2.67. The van der Waals surface area contributed by atoms with Gasteiger partial charge in [0.2, 0.25) is 0 Å². The highest BCUT2D eigenvalue weighted by Crippen LogP contribution is 2.27. The van der Waals surface area contributed by atoms with E-state index in [2.05, 4.69) is 27.9 Å². The quantitative estimate of drug-likeness (QED) is 0.557. The number of hydrogen-bond acceptors (Lipinski definition) is 3. The fourth-order valence-electron chi connectivity index (χ4n) is 3.09. The number of likely N-dealkylation sites (tertiary alicyclic amines) is 1. The molecule has 2 aromatic carbocycles. The summed E-state index contributed by atoms with van der Waals surface area (Å²) in [6, 6.07) is 19.8. The van der Waals surface area contributed by atoms with Gasteiger partial charge in [-0.3, -0.25) is 4.79 Å². The first-order valence-corrected chi connectivity index (χ1v) is 10.2. The summed E-state index contributed by atoms with van der Waals surface area (Å²) < 4.78 is 5.85. The van der Waals surface area contributed by atoms with Gasteiger partial charge in [0.1, 0.15) is 12.0 Å². The molecular formula is C21H26BrNO2. The molecular weight excluding hydrogens is 378 g/mol. The first-order chi connectivity index (χ1) is 12.2. The normalized spacial score (nSPS) is 15.4. The van der Waals surface area contributed by atoms with E-state index in [1.165, 1.54) is 0 Å². The van der Waals surface area contributed by atoms with E-state index in [1.807, 2.05) is 66.5 Å². The first-order valence-electron chi connectivity index (χ1n) is 8.61. The van der Waals surface area contributed by atoms with Crippen LogP contribution in [0.25, 0.3) is 0 Å². The SMILES string of the molecule is CBr.CN1CCC(OC(=O)C(c2ccccc2)c2ccccc2)CC1. The molecule has 0 amide bonds. The second-order valence-corrected chi connectivity index (χ2v) is 6.19. The van der Waals surface area contributed by atoms with Gasteiger partial charge in [0.25, 0.3) is 0 Å². The molecule has 0 atom stereocenters. The summed E-state index contributed by atoms with van der Waals surface area (Å²) >= 11 is 2.94. The molecule has 0 bridgehead atoms. The van der Waals surface area contributed by atoms with E-state index in [4.69, 9.17) is 4.74 Å². The molecule has 2 aromatic rings. The van der Waals surface area contributed by atoms with Gasteiger partial charge in [-0.1, -0.05) is 76.6 Å². The lowest BCUT2D eigenvalue weighted by molar-refractivity contribution is -0.151. The van der Waals surface area contributed by atoms with Crippen LogP contribution in [0.15, 0.2) is 60.7 Å². The molecule has 0 spiro atoms. The number of benzene rings is 2. The average molecular weight is 404 g/mol. The maximum Gasteiger partial charge on any atom is 0.318 e. The number of alkyl halides is 1. The van der Waals surface area contributed by atoms with E-state index >= 15 is 0 Å². The number of piperidine rings is 1. The highest BCUT2D eigenvalue weighted by molar-refractivity contribution is 9.08. The summed E-state index contributed by atoms with van der Waals surface area (Å²) in [7, 11) is 2.11. The lowest BCUT2D eigenvalue weighted by Gasteiger charge is -2.30. The number of nitrogens with zero attached hydrogens (tertiary/aromatic N) is 1. The smallest absolute Gasteiger partial charge is 0.318 e. The van der Waals surface area contributed by atoms with Gasteiger partial charge in [0.15, 0.2) is 0 Å². The third-order valence-corrected chi connectivity index (χ3v) is 4.45. The maximum atomic E-state index is 12.9. The van der Waals surface area contributed by atoms with Crippen molar-refractivity contribution < 1.29 is 9.53 Å². The third kappa shape index (κ3) is 5.68. The predicted molar refractivity (Wildman–Crippen MR) is 106 cm³/mol. The Bertz CT molecular complexity index is 585. The number of halogens is 1. The Morgan fingerprint density at radius 1 is 0.960 bits per heavy atom. The summed E-state index contributed by atoms with van der Waals surface area (Å²) in [4.78, 5) is 15.1. The van der Waals surface area contributed by atoms with Crippen LogP contribution in [0.5, 0.6) is 0 Å². The second kappa shape index (κ2) is 10.4. The van der Waals surface area contributed by atoms with Crippen LogP contribution in [0.3, 0.4) is 0 Å². The number of ether oxygens (including phenoxy) is 1. The van der Waals surface area contributed by atoms with Gasteiger partial charge in [0, 0.05) is 13.1 Å². The maximum absolute atomic E-state index is 12.9. The van der Waals surface area contributed by atoms with Crippen LogP contribution >= 0.6 is 15.9 Å². The molecule has 1 aliphatic heterocycles. The van der Waals surface area contributed by atoms with Gasteiger partial charge in [-0.25, -0.2) is 0 Å². The van der Waals surface area contributed by atoms with Gasteiger partial charge in [-0.05, 0) is 36.8 Å². The molecule has 1 heterocycles. The first kappa shape index (κ1) is 19.7. The Kier molecular flexibility index (Phi) is 8.16. The third-order valence-electron chi connectivity index (χ3n) is 4.45. The van der Waals surface area contributed by atoms with E-state index in [-0.39, 0.29) is 18.0 Å². The molecule has 0 aliphatic carbocycles. The molecule has 1 fully saturated rings. The number of hydrogen-bond donors (Lipinski definition) is 0. The van der Waals surface area contributed by atoms with Crippen LogP contribution in [0.4, 0.5) is 0 Å². The van der Waals surface area contributed by atoms with Crippen molar-refractivity contribution in [2.75, 3.05) is 26.0 Å². The topological polar surface area (TPSA) is 29.5 Å². The minimum atomic E-state index is -0.350. The molecule has 1 aliphatic rings. The minimum Gasteiger partial charge on any atom is -0.462 e. The second-order valence-electron chi connectivity index (χ2n) is 6.19. The van der Waals surface area contributed by atoms with Crippen molar-refractivity contribution in [2.45, 2.75) is 24.9 Å². The van der Waals surface area contributed by atoms with Gasteiger partial charge in [-0.15, -0.1) is 0 Å². The Morgan fingerprint density at radius 2 is 1.40 bits per heavy atom. The zero-order valence-electron chi connectivity index (χ0n) is 14.9. The highest BCUT2D eigenvalue weighted by Gasteiger charge is 2.28. The van der Waals surface area contributed by atoms with Crippen molar-refractivity contribution in [3.05, 3.63) is 71.8 Å². The molecule has 0 radical (unpaired) electrons. The molecule has 3 nitrogen and oxygen atoms in total. The minimum absolute atomic E-state index is 0.0358. The number of rotatable bonds is 4. The number of carbonyl (C=O) groups is 1. The Hall–Kier alpha value is -1.65. The van der Waals surface area contributed by atoms with E-state index in [1.54, 1.807) is 0 Å². The van der Waals surface area contributed by atoms with Crippen LogP contribution in [0.2, 0.25) is 0 Å². The number of carbonyl (C=O) groups excluding carboxylic acids is 1. The van der Waals surface area contributed by atoms with E-state index in [0.29, 0.717) is 0 Å². The summed E-state index contributed by atoms with van der Waals surface area (Å²) in [5.41, 5.74) is 1.97. The van der Waals surface area contributed by atoms with Gasteiger partial charge < -0.3 is 9.64 Å². The molecule has 1 saturated heterocycles. The predicted octanol–water partition coefficient (Wildman–Crippen LogP) is 4.47. The lowest BCUT2D eigenvalue weighted by atomic mass is 9.91. The van der Waals surface area contributed by atoms with E-state index in [9.17, 15) is 4.79 Å². The molecule has 0 unspecified atom stereocenters. The van der Waals surface area contributed by atoms with Crippen LogP contribution in [-0.4, -0.2) is 42.9 Å². The van der Waals surface area contributed by atoms with Crippen LogP contribution < -0.4 is 0 Å². The van der Waals surface area contributed by atoms with Gasteiger partial charge >= 0.3 is 5.97 Å². The van der Waals surface area contributed by atoms with E-state index < -0.39 is 0 Å².